The number of benzene rings is 3. The molecule has 1 aliphatic rings. The van der Waals surface area contributed by atoms with Crippen molar-refractivity contribution in [3.8, 4) is 5.75 Å². The number of carbonyl (C=O) groups excluding carboxylic acids is 2. The molecule has 0 saturated heterocycles. The standard InChI is InChI=1S/C21H12Br2O3/c22-15-10-16(23)21(26-11-12-6-2-1-3-7-12)18-17(15)19(24)13-8-4-5-9-14(13)20(18)25/h1-10H,11H2. The first-order valence-corrected chi connectivity index (χ1v) is 9.53. The van der Waals surface area contributed by atoms with Gasteiger partial charge in [0, 0.05) is 15.6 Å². The maximum atomic E-state index is 13.1. The fourth-order valence-electron chi connectivity index (χ4n) is 3.06. The number of carbonyl (C=O) groups is 2. The van der Waals surface area contributed by atoms with E-state index in [0.717, 1.165) is 5.56 Å². The van der Waals surface area contributed by atoms with Gasteiger partial charge in [-0.1, -0.05) is 54.6 Å². The van der Waals surface area contributed by atoms with E-state index in [2.05, 4.69) is 31.9 Å². The fourth-order valence-corrected chi connectivity index (χ4v) is 4.52. The van der Waals surface area contributed by atoms with Crippen LogP contribution in [-0.2, 0) is 6.61 Å². The van der Waals surface area contributed by atoms with Crippen molar-refractivity contribution in [1.29, 1.82) is 0 Å². The van der Waals surface area contributed by atoms with E-state index in [1.54, 1.807) is 30.3 Å². The molecule has 1 aliphatic carbocycles. The minimum absolute atomic E-state index is 0.181. The highest BCUT2D eigenvalue weighted by Gasteiger charge is 2.35. The van der Waals surface area contributed by atoms with E-state index in [4.69, 9.17) is 4.74 Å². The zero-order valence-corrected chi connectivity index (χ0v) is 16.6. The van der Waals surface area contributed by atoms with Crippen LogP contribution < -0.4 is 4.74 Å². The van der Waals surface area contributed by atoms with Crippen molar-refractivity contribution in [2.45, 2.75) is 6.61 Å². The Kier molecular flexibility index (Phi) is 4.51. The highest BCUT2D eigenvalue weighted by atomic mass is 79.9. The van der Waals surface area contributed by atoms with Gasteiger partial charge < -0.3 is 4.74 Å². The molecule has 0 atom stereocenters. The molecule has 0 heterocycles. The molecule has 0 fully saturated rings. The van der Waals surface area contributed by atoms with Gasteiger partial charge >= 0.3 is 0 Å². The molecule has 26 heavy (non-hydrogen) atoms. The van der Waals surface area contributed by atoms with Crippen molar-refractivity contribution in [3.05, 3.63) is 97.4 Å². The van der Waals surface area contributed by atoms with Crippen LogP contribution in [0.4, 0.5) is 0 Å². The van der Waals surface area contributed by atoms with Crippen LogP contribution in [-0.4, -0.2) is 11.6 Å². The van der Waals surface area contributed by atoms with Crippen LogP contribution in [0.3, 0.4) is 0 Å². The molecular weight excluding hydrogens is 460 g/mol. The Morgan fingerprint density at radius 2 is 1.31 bits per heavy atom. The maximum absolute atomic E-state index is 13.1. The van der Waals surface area contributed by atoms with Crippen LogP contribution in [0.2, 0.25) is 0 Å². The molecule has 0 N–H and O–H groups in total. The van der Waals surface area contributed by atoms with Gasteiger partial charge in [-0.25, -0.2) is 0 Å². The van der Waals surface area contributed by atoms with Gasteiger partial charge in [0.1, 0.15) is 12.4 Å². The second-order valence-corrected chi connectivity index (χ2v) is 7.61. The number of rotatable bonds is 3. The Hall–Kier alpha value is -2.24. The first kappa shape index (κ1) is 17.2. The zero-order valence-electron chi connectivity index (χ0n) is 13.5. The van der Waals surface area contributed by atoms with Crippen molar-refractivity contribution in [3.63, 3.8) is 0 Å². The molecule has 0 spiro atoms. The number of hydrogen-bond acceptors (Lipinski definition) is 3. The third kappa shape index (κ3) is 2.81. The van der Waals surface area contributed by atoms with Gasteiger partial charge in [0.05, 0.1) is 15.6 Å². The summed E-state index contributed by atoms with van der Waals surface area (Å²) in [7, 11) is 0. The van der Waals surface area contributed by atoms with E-state index < -0.39 is 0 Å². The molecule has 128 valence electrons. The summed E-state index contributed by atoms with van der Waals surface area (Å²) in [6, 6.07) is 18.3. The number of hydrogen-bond donors (Lipinski definition) is 0. The summed E-state index contributed by atoms with van der Waals surface area (Å²) < 4.78 is 7.16. The van der Waals surface area contributed by atoms with E-state index in [1.165, 1.54) is 0 Å². The molecule has 3 aromatic rings. The van der Waals surface area contributed by atoms with Crippen LogP contribution in [0.25, 0.3) is 0 Å². The zero-order chi connectivity index (χ0) is 18.3. The van der Waals surface area contributed by atoms with Crippen molar-refractivity contribution in [2.75, 3.05) is 0 Å². The average molecular weight is 472 g/mol. The minimum atomic E-state index is -0.208. The molecular formula is C21H12Br2O3. The normalized spacial score (nSPS) is 12.5. The molecule has 0 saturated carbocycles. The molecule has 0 aromatic heterocycles. The van der Waals surface area contributed by atoms with Crippen molar-refractivity contribution >= 4 is 43.4 Å². The lowest BCUT2D eigenvalue weighted by atomic mass is 9.83. The van der Waals surface area contributed by atoms with Crippen LogP contribution in [0, 0.1) is 0 Å². The lowest BCUT2D eigenvalue weighted by molar-refractivity contribution is 0.0974. The van der Waals surface area contributed by atoms with Crippen LogP contribution in [0.15, 0.2) is 69.6 Å². The first-order valence-electron chi connectivity index (χ1n) is 7.95. The Labute approximate surface area is 167 Å². The van der Waals surface area contributed by atoms with Crippen molar-refractivity contribution < 1.29 is 14.3 Å². The summed E-state index contributed by atoms with van der Waals surface area (Å²) in [6.07, 6.45) is 0. The molecule has 4 rings (SSSR count). The number of ether oxygens (including phenoxy) is 1. The molecule has 0 amide bonds. The molecule has 0 radical (unpaired) electrons. The van der Waals surface area contributed by atoms with Gasteiger partial charge in [-0.15, -0.1) is 0 Å². The van der Waals surface area contributed by atoms with E-state index >= 15 is 0 Å². The smallest absolute Gasteiger partial charge is 0.198 e. The Bertz CT molecular complexity index is 1040. The average Bonchev–Trinajstić information content (AvgIpc) is 2.66. The monoisotopic (exact) mass is 470 g/mol. The third-order valence-corrected chi connectivity index (χ3v) is 5.50. The molecule has 0 unspecified atom stereocenters. The Morgan fingerprint density at radius 1 is 0.731 bits per heavy atom. The SMILES string of the molecule is O=C1c2ccccc2C(=O)c2c(OCc3ccccc3)c(Br)cc(Br)c21. The van der Waals surface area contributed by atoms with Gasteiger partial charge in [0.25, 0.3) is 0 Å². The second-order valence-electron chi connectivity index (χ2n) is 5.90. The highest BCUT2D eigenvalue weighted by molar-refractivity contribution is 9.11. The summed E-state index contributed by atoms with van der Waals surface area (Å²) >= 11 is 6.89. The third-order valence-electron chi connectivity index (χ3n) is 4.28. The van der Waals surface area contributed by atoms with Crippen LogP contribution >= 0.6 is 31.9 Å². The van der Waals surface area contributed by atoms with E-state index in [1.807, 2.05) is 30.3 Å². The van der Waals surface area contributed by atoms with Gasteiger partial charge in [0.15, 0.2) is 11.6 Å². The number of ketones is 2. The quantitative estimate of drug-likeness (QED) is 0.392. The number of fused-ring (bicyclic) bond motifs is 2. The Morgan fingerprint density at radius 3 is 1.96 bits per heavy atom. The maximum Gasteiger partial charge on any atom is 0.198 e. The fraction of sp³-hybridized carbons (Fsp3) is 0.0476. The van der Waals surface area contributed by atoms with E-state index in [0.29, 0.717) is 43.6 Å². The molecule has 5 heteroatoms. The van der Waals surface area contributed by atoms with E-state index in [-0.39, 0.29) is 11.6 Å². The lowest BCUT2D eigenvalue weighted by Crippen LogP contribution is -2.22. The second kappa shape index (κ2) is 6.82. The van der Waals surface area contributed by atoms with Crippen LogP contribution in [0.1, 0.15) is 37.4 Å². The van der Waals surface area contributed by atoms with E-state index in [9.17, 15) is 9.59 Å². The summed E-state index contributed by atoms with van der Waals surface area (Å²) in [4.78, 5) is 26.1. The predicted molar refractivity (Wildman–Crippen MR) is 106 cm³/mol. The van der Waals surface area contributed by atoms with Gasteiger partial charge in [-0.3, -0.25) is 9.59 Å². The topological polar surface area (TPSA) is 43.4 Å². The summed E-state index contributed by atoms with van der Waals surface area (Å²) in [6.45, 7) is 0.302. The molecule has 0 aliphatic heterocycles. The van der Waals surface area contributed by atoms with Gasteiger partial charge in [-0.2, -0.15) is 0 Å². The molecule has 3 aromatic carbocycles. The molecule has 3 nitrogen and oxygen atoms in total. The number of halogens is 2. The van der Waals surface area contributed by atoms with Gasteiger partial charge in [0.2, 0.25) is 0 Å². The predicted octanol–water partition coefficient (Wildman–Crippen LogP) is 5.57. The van der Waals surface area contributed by atoms with Crippen molar-refractivity contribution in [2.24, 2.45) is 0 Å². The Balaban J connectivity index is 1.84. The molecule has 0 bridgehead atoms. The van der Waals surface area contributed by atoms with Gasteiger partial charge in [-0.05, 0) is 43.5 Å². The minimum Gasteiger partial charge on any atom is -0.487 e. The highest BCUT2D eigenvalue weighted by Crippen LogP contribution is 2.42. The summed E-state index contributed by atoms with van der Waals surface area (Å²) in [5.41, 5.74) is 2.44. The summed E-state index contributed by atoms with van der Waals surface area (Å²) in [5.74, 6) is -0.000645. The first-order chi connectivity index (χ1) is 12.6. The lowest BCUT2D eigenvalue weighted by Gasteiger charge is -2.22. The van der Waals surface area contributed by atoms with Crippen molar-refractivity contribution in [1.82, 2.24) is 0 Å². The largest absolute Gasteiger partial charge is 0.487 e. The summed E-state index contributed by atoms with van der Waals surface area (Å²) in [5, 5.41) is 0. The van der Waals surface area contributed by atoms with Crippen LogP contribution in [0.5, 0.6) is 5.75 Å².